The van der Waals surface area contributed by atoms with Gasteiger partial charge in [0.15, 0.2) is 0 Å². The first kappa shape index (κ1) is 19.2. The average molecular weight is 288 g/mol. The normalized spacial score (nSPS) is 12.3. The first-order valence-corrected chi connectivity index (χ1v) is 7.28. The Morgan fingerprint density at radius 3 is 2.29 bits per heavy atom. The number of ether oxygens (including phenoxy) is 1. The minimum Gasteiger partial charge on any atom is -0.494 e. The van der Waals surface area contributed by atoms with Crippen LogP contribution in [0.1, 0.15) is 40.2 Å². The highest BCUT2D eigenvalue weighted by Gasteiger charge is 1.91. The van der Waals surface area contributed by atoms with Gasteiger partial charge in [0.1, 0.15) is 6.61 Å². The summed E-state index contributed by atoms with van der Waals surface area (Å²) in [5, 5.41) is 8.06. The fourth-order valence-corrected chi connectivity index (χ4v) is 1.25. The van der Waals surface area contributed by atoms with Gasteiger partial charge in [-0.15, -0.1) is 0 Å². The Labute approximate surface area is 129 Å². The van der Waals surface area contributed by atoms with Gasteiger partial charge >= 0.3 is 0 Å². The first-order valence-electron chi connectivity index (χ1n) is 7.28. The molecule has 0 fully saturated rings. The zero-order valence-corrected chi connectivity index (χ0v) is 13.8. The molecule has 2 nitrogen and oxygen atoms in total. The Morgan fingerprint density at radius 2 is 1.76 bits per heavy atom. The lowest BCUT2D eigenvalue weighted by molar-refractivity contribution is 0.201. The smallest absolute Gasteiger partial charge is 0.113 e. The van der Waals surface area contributed by atoms with Gasteiger partial charge in [0.25, 0.3) is 0 Å². The van der Waals surface area contributed by atoms with Crippen LogP contribution in [0.3, 0.4) is 0 Å². The maximum absolute atomic E-state index is 8.06. The molecule has 0 bridgehead atoms. The Bertz CT molecular complexity index is 451. The maximum atomic E-state index is 8.06. The quantitative estimate of drug-likeness (QED) is 0.609. The molecule has 1 aromatic carbocycles. The predicted molar refractivity (Wildman–Crippen MR) is 90.9 cm³/mol. The fourth-order valence-electron chi connectivity index (χ4n) is 1.25. The van der Waals surface area contributed by atoms with Crippen molar-refractivity contribution < 1.29 is 9.84 Å². The summed E-state index contributed by atoms with van der Waals surface area (Å²) < 4.78 is 5.63. The highest BCUT2D eigenvalue weighted by molar-refractivity contribution is 5.20. The highest BCUT2D eigenvalue weighted by atomic mass is 16.5. The topological polar surface area (TPSA) is 29.5 Å². The molecule has 0 heterocycles. The van der Waals surface area contributed by atoms with Crippen LogP contribution in [0, 0.1) is 0 Å². The number of aliphatic hydroxyl groups excluding tert-OH is 1. The number of aliphatic hydroxyl groups is 1. The summed E-state index contributed by atoms with van der Waals surface area (Å²) >= 11 is 0. The molecule has 0 spiro atoms. The van der Waals surface area contributed by atoms with Crippen molar-refractivity contribution >= 4 is 0 Å². The van der Waals surface area contributed by atoms with Gasteiger partial charge in [-0.2, -0.15) is 0 Å². The summed E-state index contributed by atoms with van der Waals surface area (Å²) in [4.78, 5) is 0. The lowest BCUT2D eigenvalue weighted by Gasteiger charge is -2.05. The third-order valence-corrected chi connectivity index (χ3v) is 2.45. The van der Waals surface area contributed by atoms with Crippen molar-refractivity contribution in [2.45, 2.75) is 47.3 Å². The van der Waals surface area contributed by atoms with Crippen LogP contribution in [-0.4, -0.2) is 11.2 Å². The third-order valence-electron chi connectivity index (χ3n) is 2.45. The lowest BCUT2D eigenvalue weighted by Crippen LogP contribution is -1.89. The lowest BCUT2D eigenvalue weighted by atomic mass is 10.2. The second kappa shape index (κ2) is 12.0. The molecule has 0 atom stereocenters. The molecule has 2 heteroatoms. The molecule has 0 aliphatic heterocycles. The van der Waals surface area contributed by atoms with Crippen LogP contribution < -0.4 is 0 Å². The molecule has 0 saturated heterocycles. The Morgan fingerprint density at radius 1 is 1.19 bits per heavy atom. The first-order chi connectivity index (χ1) is 9.95. The Balaban J connectivity index is 0.000000885. The van der Waals surface area contributed by atoms with Gasteiger partial charge in [0.2, 0.25) is 0 Å². The van der Waals surface area contributed by atoms with Gasteiger partial charge in [-0.1, -0.05) is 54.1 Å². The van der Waals surface area contributed by atoms with E-state index in [9.17, 15) is 0 Å². The van der Waals surface area contributed by atoms with E-state index in [0.717, 1.165) is 5.76 Å². The van der Waals surface area contributed by atoms with Gasteiger partial charge in [-0.05, 0) is 46.3 Å². The molecule has 0 aliphatic rings. The van der Waals surface area contributed by atoms with E-state index in [2.05, 4.69) is 31.2 Å². The van der Waals surface area contributed by atoms with Crippen molar-refractivity contribution in [3.05, 3.63) is 71.5 Å². The summed E-state index contributed by atoms with van der Waals surface area (Å²) in [7, 11) is 0. The van der Waals surface area contributed by atoms with Crippen molar-refractivity contribution in [2.75, 3.05) is 0 Å². The van der Waals surface area contributed by atoms with Crippen molar-refractivity contribution in [1.82, 2.24) is 0 Å². The summed E-state index contributed by atoms with van der Waals surface area (Å²) in [6, 6.07) is 10.2. The van der Waals surface area contributed by atoms with Gasteiger partial charge < -0.3 is 9.84 Å². The van der Waals surface area contributed by atoms with E-state index >= 15 is 0 Å². The molecular formula is C19H28O2. The molecule has 116 valence electrons. The monoisotopic (exact) mass is 288 g/mol. The van der Waals surface area contributed by atoms with Crippen LogP contribution >= 0.6 is 0 Å². The van der Waals surface area contributed by atoms with E-state index in [1.165, 1.54) is 11.1 Å². The van der Waals surface area contributed by atoms with Crippen LogP contribution in [0.25, 0.3) is 0 Å². The van der Waals surface area contributed by atoms with Crippen molar-refractivity contribution in [3.8, 4) is 0 Å². The van der Waals surface area contributed by atoms with E-state index in [0.29, 0.717) is 6.61 Å². The molecule has 1 rings (SSSR count). The molecule has 21 heavy (non-hydrogen) atoms. The molecule has 0 radical (unpaired) electrons. The van der Waals surface area contributed by atoms with Crippen LogP contribution in [0.15, 0.2) is 66.0 Å². The number of hydrogen-bond acceptors (Lipinski definition) is 2. The summed E-state index contributed by atoms with van der Waals surface area (Å²) in [5.41, 5.74) is 2.44. The van der Waals surface area contributed by atoms with E-state index in [4.69, 9.17) is 9.84 Å². The van der Waals surface area contributed by atoms with Crippen LogP contribution in [0.2, 0.25) is 0 Å². The molecule has 0 aliphatic carbocycles. The van der Waals surface area contributed by atoms with Crippen molar-refractivity contribution in [2.24, 2.45) is 0 Å². The second-order valence-corrected chi connectivity index (χ2v) is 5.04. The average Bonchev–Trinajstić information content (AvgIpc) is 2.45. The zero-order valence-electron chi connectivity index (χ0n) is 13.8. The predicted octanol–water partition coefficient (Wildman–Crippen LogP) is 5.02. The fraction of sp³-hybridized carbons (Fsp3) is 0.368. The molecule has 1 N–H and O–H groups in total. The third kappa shape index (κ3) is 13.0. The molecule has 1 aromatic rings. The zero-order chi connectivity index (χ0) is 16.1. The van der Waals surface area contributed by atoms with Crippen LogP contribution in [-0.2, 0) is 11.3 Å². The number of allylic oxidation sites excluding steroid dienone is 6. The van der Waals surface area contributed by atoms with Crippen molar-refractivity contribution in [3.63, 3.8) is 0 Å². The second-order valence-electron chi connectivity index (χ2n) is 5.04. The van der Waals surface area contributed by atoms with E-state index < -0.39 is 0 Å². The Kier molecular flexibility index (Phi) is 11.0. The number of rotatable bonds is 5. The molecule has 0 saturated carbocycles. The van der Waals surface area contributed by atoms with E-state index in [1.807, 2.05) is 44.2 Å². The summed E-state index contributed by atoms with van der Waals surface area (Å²) in [6.45, 7) is 10.1. The number of hydrogen-bond donors (Lipinski definition) is 1. The standard InChI is InChI=1S/C16H20O.C3H8O/c1-4-14(2)9-8-10-15(3)17-13-16-11-6-5-7-12-16;1-3(2)4/h4-12H,13H2,1-3H3;3-4H,1-2H3/b9-8-,14-4-,15-10+;. The molecule has 0 amide bonds. The van der Waals surface area contributed by atoms with E-state index in [1.54, 1.807) is 13.8 Å². The van der Waals surface area contributed by atoms with E-state index in [-0.39, 0.29) is 6.10 Å². The Hall–Kier alpha value is -1.80. The minimum atomic E-state index is -0.167. The SMILES string of the molecule is CC(C)O.C\C=C(C)/C=C\C=C(/C)OCc1ccccc1. The molecule has 0 unspecified atom stereocenters. The highest BCUT2D eigenvalue weighted by Crippen LogP contribution is 2.05. The van der Waals surface area contributed by atoms with Gasteiger partial charge in [-0.25, -0.2) is 0 Å². The summed E-state index contributed by atoms with van der Waals surface area (Å²) in [5.74, 6) is 0.925. The number of benzene rings is 1. The van der Waals surface area contributed by atoms with Crippen LogP contribution in [0.4, 0.5) is 0 Å². The molecular weight excluding hydrogens is 260 g/mol. The minimum absolute atomic E-state index is 0.167. The van der Waals surface area contributed by atoms with Gasteiger partial charge in [0.05, 0.1) is 5.76 Å². The molecule has 0 aromatic heterocycles. The van der Waals surface area contributed by atoms with Crippen molar-refractivity contribution in [1.29, 1.82) is 0 Å². The largest absolute Gasteiger partial charge is 0.494 e. The van der Waals surface area contributed by atoms with Crippen LogP contribution in [0.5, 0.6) is 0 Å². The summed E-state index contributed by atoms with van der Waals surface area (Å²) in [6.07, 6.45) is 7.96. The van der Waals surface area contributed by atoms with Gasteiger partial charge in [0, 0.05) is 6.10 Å². The van der Waals surface area contributed by atoms with Gasteiger partial charge in [-0.3, -0.25) is 0 Å². The maximum Gasteiger partial charge on any atom is 0.113 e.